The molecule has 18 heavy (non-hydrogen) atoms. The summed E-state index contributed by atoms with van der Waals surface area (Å²) in [6, 6.07) is 6.59. The molecule has 2 nitrogen and oxygen atoms in total. The van der Waals surface area contributed by atoms with Crippen molar-refractivity contribution in [1.82, 2.24) is 5.32 Å². The zero-order valence-corrected chi connectivity index (χ0v) is 12.6. The molecule has 1 aromatic rings. The molecule has 0 unspecified atom stereocenters. The number of piperazine rings is 1. The molecule has 1 aliphatic heterocycles. The fraction of sp³-hybridized carbons (Fsp3) is 0.625. The number of hydrogen-bond donors (Lipinski definition) is 1. The zero-order chi connectivity index (χ0) is 13.6. The van der Waals surface area contributed by atoms with Crippen molar-refractivity contribution in [2.24, 2.45) is 0 Å². The lowest BCUT2D eigenvalue weighted by Crippen LogP contribution is -2.68. The van der Waals surface area contributed by atoms with Crippen molar-refractivity contribution in [2.45, 2.75) is 52.6 Å². The summed E-state index contributed by atoms with van der Waals surface area (Å²) in [6.45, 7) is 15.8. The maximum atomic E-state index is 3.56. The Hall–Kier alpha value is -1.02. The first-order chi connectivity index (χ1) is 8.26. The first kappa shape index (κ1) is 13.4. The predicted molar refractivity (Wildman–Crippen MR) is 79.4 cm³/mol. The van der Waals surface area contributed by atoms with Crippen LogP contribution in [0.25, 0.3) is 0 Å². The quantitative estimate of drug-likeness (QED) is 0.818. The highest BCUT2D eigenvalue weighted by atomic mass is 15.3. The zero-order valence-electron chi connectivity index (χ0n) is 12.6. The van der Waals surface area contributed by atoms with Crippen LogP contribution in [-0.4, -0.2) is 24.2 Å². The maximum Gasteiger partial charge on any atom is 0.0476 e. The molecule has 0 amide bonds. The minimum atomic E-state index is 0.138. The molecule has 0 aliphatic carbocycles. The number of nitrogens with zero attached hydrogens (tertiary/aromatic N) is 1. The molecule has 2 heteroatoms. The van der Waals surface area contributed by atoms with Crippen LogP contribution in [0.5, 0.6) is 0 Å². The van der Waals surface area contributed by atoms with Gasteiger partial charge in [-0.3, -0.25) is 0 Å². The molecule has 0 aromatic heterocycles. The van der Waals surface area contributed by atoms with Gasteiger partial charge in [-0.05, 0) is 52.7 Å². The highest BCUT2D eigenvalue weighted by molar-refractivity contribution is 5.62. The number of aryl methyl sites for hydroxylation is 2. The summed E-state index contributed by atoms with van der Waals surface area (Å²) in [5.41, 5.74) is 4.43. The van der Waals surface area contributed by atoms with Gasteiger partial charge in [0.15, 0.2) is 0 Å². The average molecular weight is 246 g/mol. The third-order valence-electron chi connectivity index (χ3n) is 3.99. The molecule has 100 valence electrons. The van der Waals surface area contributed by atoms with Crippen molar-refractivity contribution in [3.63, 3.8) is 0 Å². The first-order valence-corrected chi connectivity index (χ1v) is 6.83. The van der Waals surface area contributed by atoms with Crippen molar-refractivity contribution in [1.29, 1.82) is 0 Å². The fourth-order valence-electron chi connectivity index (χ4n) is 3.42. The fourth-order valence-corrected chi connectivity index (χ4v) is 3.42. The van der Waals surface area contributed by atoms with Crippen molar-refractivity contribution in [3.05, 3.63) is 29.3 Å². The van der Waals surface area contributed by atoms with Gasteiger partial charge in [-0.15, -0.1) is 0 Å². The van der Waals surface area contributed by atoms with Gasteiger partial charge in [-0.2, -0.15) is 0 Å². The van der Waals surface area contributed by atoms with E-state index in [-0.39, 0.29) is 11.1 Å². The Morgan fingerprint density at radius 2 is 1.39 bits per heavy atom. The van der Waals surface area contributed by atoms with Gasteiger partial charge in [0.25, 0.3) is 0 Å². The van der Waals surface area contributed by atoms with Gasteiger partial charge in [0.2, 0.25) is 0 Å². The third kappa shape index (κ3) is 2.14. The van der Waals surface area contributed by atoms with E-state index in [1.165, 1.54) is 16.8 Å². The summed E-state index contributed by atoms with van der Waals surface area (Å²) in [7, 11) is 0. The van der Waals surface area contributed by atoms with Gasteiger partial charge in [0, 0.05) is 29.9 Å². The van der Waals surface area contributed by atoms with Crippen LogP contribution in [0.2, 0.25) is 0 Å². The van der Waals surface area contributed by atoms with E-state index in [4.69, 9.17) is 0 Å². The summed E-state index contributed by atoms with van der Waals surface area (Å²) < 4.78 is 0. The molecule has 0 saturated carbocycles. The average Bonchev–Trinajstić information content (AvgIpc) is 2.20. The number of para-hydroxylation sites is 1. The first-order valence-electron chi connectivity index (χ1n) is 6.83. The molecule has 1 heterocycles. The lowest BCUT2D eigenvalue weighted by atomic mass is 9.86. The Kier molecular flexibility index (Phi) is 3.18. The largest absolute Gasteiger partial charge is 0.358 e. The third-order valence-corrected chi connectivity index (χ3v) is 3.99. The van der Waals surface area contributed by atoms with E-state index in [1.54, 1.807) is 0 Å². The normalized spacial score (nSPS) is 22.0. The van der Waals surface area contributed by atoms with Gasteiger partial charge in [0.05, 0.1) is 0 Å². The number of nitrogens with one attached hydrogen (secondary N) is 1. The lowest BCUT2D eigenvalue weighted by molar-refractivity contribution is 0.262. The van der Waals surface area contributed by atoms with E-state index in [0.717, 1.165) is 13.1 Å². The monoisotopic (exact) mass is 246 g/mol. The molecule has 1 aromatic carbocycles. The van der Waals surface area contributed by atoms with Crippen molar-refractivity contribution >= 4 is 5.69 Å². The summed E-state index contributed by atoms with van der Waals surface area (Å²) in [5.74, 6) is 0. The number of hydrogen-bond acceptors (Lipinski definition) is 2. The molecule has 0 spiro atoms. The Labute approximate surface area is 111 Å². The van der Waals surface area contributed by atoms with Gasteiger partial charge in [-0.1, -0.05) is 18.2 Å². The van der Waals surface area contributed by atoms with E-state index in [2.05, 4.69) is 70.0 Å². The van der Waals surface area contributed by atoms with Gasteiger partial charge in [-0.25, -0.2) is 0 Å². The molecule has 1 N–H and O–H groups in total. The second-order valence-corrected chi connectivity index (χ2v) is 6.80. The minimum Gasteiger partial charge on any atom is -0.358 e. The summed E-state index contributed by atoms with van der Waals surface area (Å²) >= 11 is 0. The molecule has 0 bridgehead atoms. The van der Waals surface area contributed by atoms with Crippen LogP contribution in [0.4, 0.5) is 5.69 Å². The van der Waals surface area contributed by atoms with Crippen LogP contribution in [0.15, 0.2) is 18.2 Å². The SMILES string of the molecule is Cc1cccc(C)c1N1C(C)(C)CNCC1(C)C. The summed E-state index contributed by atoms with van der Waals surface area (Å²) in [5, 5.41) is 3.56. The van der Waals surface area contributed by atoms with Crippen molar-refractivity contribution in [3.8, 4) is 0 Å². The van der Waals surface area contributed by atoms with Crippen LogP contribution >= 0.6 is 0 Å². The number of anilines is 1. The molecule has 1 aliphatic rings. The molecule has 0 radical (unpaired) electrons. The predicted octanol–water partition coefficient (Wildman–Crippen LogP) is 3.27. The van der Waals surface area contributed by atoms with E-state index in [0.29, 0.717) is 0 Å². The molecule has 0 atom stereocenters. The van der Waals surface area contributed by atoms with E-state index < -0.39 is 0 Å². The smallest absolute Gasteiger partial charge is 0.0476 e. The molecular weight excluding hydrogens is 220 g/mol. The van der Waals surface area contributed by atoms with Gasteiger partial charge >= 0.3 is 0 Å². The van der Waals surface area contributed by atoms with Crippen molar-refractivity contribution in [2.75, 3.05) is 18.0 Å². The topological polar surface area (TPSA) is 15.3 Å². The van der Waals surface area contributed by atoms with Gasteiger partial charge in [0.1, 0.15) is 0 Å². The molecule has 1 saturated heterocycles. The summed E-state index contributed by atoms with van der Waals surface area (Å²) in [4.78, 5) is 2.61. The number of rotatable bonds is 1. The molecule has 1 fully saturated rings. The second kappa shape index (κ2) is 4.27. The van der Waals surface area contributed by atoms with Crippen LogP contribution in [-0.2, 0) is 0 Å². The minimum absolute atomic E-state index is 0.138. The van der Waals surface area contributed by atoms with Crippen LogP contribution in [0.3, 0.4) is 0 Å². The Morgan fingerprint density at radius 3 is 1.83 bits per heavy atom. The van der Waals surface area contributed by atoms with E-state index in [9.17, 15) is 0 Å². The van der Waals surface area contributed by atoms with Crippen molar-refractivity contribution < 1.29 is 0 Å². The van der Waals surface area contributed by atoms with E-state index in [1.807, 2.05) is 0 Å². The Morgan fingerprint density at radius 1 is 0.944 bits per heavy atom. The molecular formula is C16H26N2. The summed E-state index contributed by atoms with van der Waals surface area (Å²) in [6.07, 6.45) is 0. The highest BCUT2D eigenvalue weighted by Crippen LogP contribution is 2.38. The van der Waals surface area contributed by atoms with Crippen LogP contribution in [0, 0.1) is 13.8 Å². The molecule has 2 rings (SSSR count). The Balaban J connectivity index is 2.58. The Bertz CT molecular complexity index is 410. The lowest BCUT2D eigenvalue weighted by Gasteiger charge is -2.55. The van der Waals surface area contributed by atoms with E-state index >= 15 is 0 Å². The number of benzene rings is 1. The highest BCUT2D eigenvalue weighted by Gasteiger charge is 2.42. The standard InChI is InChI=1S/C16H26N2/c1-12-8-7-9-13(2)14(12)18-15(3,4)10-17-11-16(18,5)6/h7-9,17H,10-11H2,1-6H3. The second-order valence-electron chi connectivity index (χ2n) is 6.80. The van der Waals surface area contributed by atoms with Crippen LogP contribution in [0.1, 0.15) is 38.8 Å². The maximum absolute atomic E-state index is 3.56. The van der Waals surface area contributed by atoms with Gasteiger partial charge < -0.3 is 10.2 Å². The van der Waals surface area contributed by atoms with Crippen LogP contribution < -0.4 is 10.2 Å².